The van der Waals surface area contributed by atoms with Crippen molar-refractivity contribution in [1.82, 2.24) is 29.7 Å². The number of para-hydroxylation sites is 2. The number of carbonyl (C=O) groups is 1. The van der Waals surface area contributed by atoms with Crippen LogP contribution in [0.2, 0.25) is 0 Å². The first-order valence-electron chi connectivity index (χ1n) is 11.1. The lowest BCUT2D eigenvalue weighted by atomic mass is 10.1. The molecule has 1 fully saturated rings. The van der Waals surface area contributed by atoms with E-state index in [-0.39, 0.29) is 25.1 Å². The van der Waals surface area contributed by atoms with Crippen LogP contribution in [0.4, 0.5) is 5.82 Å². The fourth-order valence-electron chi connectivity index (χ4n) is 4.46. The van der Waals surface area contributed by atoms with Crippen molar-refractivity contribution in [2.45, 2.75) is 13.1 Å². The molecule has 6 rings (SSSR count). The molecule has 174 valence electrons. The Hall–Kier alpha value is -4.12. The third-order valence-corrected chi connectivity index (χ3v) is 6.24. The lowest BCUT2D eigenvalue weighted by Gasteiger charge is -2.35. The fraction of sp³-hybridized carbons (Fsp3) is 0.304. The maximum atomic E-state index is 13.2. The average molecular weight is 461 g/mol. The smallest absolute Gasteiger partial charge is 0.242 e. The highest BCUT2D eigenvalue weighted by molar-refractivity contribution is 5.85. The Kier molecular flexibility index (Phi) is 5.02. The monoisotopic (exact) mass is 461 g/mol. The van der Waals surface area contributed by atoms with Gasteiger partial charge in [-0.2, -0.15) is 0 Å². The highest BCUT2D eigenvalue weighted by Gasteiger charge is 2.25. The maximum Gasteiger partial charge on any atom is 0.242 e. The second-order valence-electron chi connectivity index (χ2n) is 8.35. The SMILES string of the molecule is Nc1nonc1-c1nc2ccccc2n1CC(=O)N1CCN(Cc2ccc3c(c2)OCO3)CC1. The van der Waals surface area contributed by atoms with E-state index in [1.54, 1.807) is 0 Å². The van der Waals surface area contributed by atoms with Crippen LogP contribution in [0.5, 0.6) is 11.5 Å². The van der Waals surface area contributed by atoms with E-state index in [0.29, 0.717) is 24.6 Å². The van der Waals surface area contributed by atoms with Crippen molar-refractivity contribution >= 4 is 22.8 Å². The van der Waals surface area contributed by atoms with Crippen LogP contribution in [0.1, 0.15) is 5.56 Å². The van der Waals surface area contributed by atoms with Crippen LogP contribution in [-0.2, 0) is 17.9 Å². The summed E-state index contributed by atoms with van der Waals surface area (Å²) in [5, 5.41) is 7.55. The van der Waals surface area contributed by atoms with Crippen molar-refractivity contribution in [3.8, 4) is 23.0 Å². The summed E-state index contributed by atoms with van der Waals surface area (Å²) in [6.45, 7) is 4.08. The van der Waals surface area contributed by atoms with Crippen LogP contribution < -0.4 is 15.2 Å². The van der Waals surface area contributed by atoms with Crippen molar-refractivity contribution in [3.05, 3.63) is 48.0 Å². The second-order valence-corrected chi connectivity index (χ2v) is 8.35. The molecule has 0 aliphatic carbocycles. The summed E-state index contributed by atoms with van der Waals surface area (Å²) in [5.74, 6) is 2.20. The molecule has 0 spiro atoms. The van der Waals surface area contributed by atoms with E-state index >= 15 is 0 Å². The Morgan fingerprint density at radius 2 is 1.82 bits per heavy atom. The largest absolute Gasteiger partial charge is 0.454 e. The molecule has 0 unspecified atom stereocenters. The Morgan fingerprint density at radius 1 is 1.00 bits per heavy atom. The molecule has 1 saturated heterocycles. The van der Waals surface area contributed by atoms with Crippen molar-refractivity contribution < 1.29 is 18.9 Å². The van der Waals surface area contributed by atoms with Gasteiger partial charge >= 0.3 is 0 Å². The minimum atomic E-state index is 0.0159. The maximum absolute atomic E-state index is 13.2. The summed E-state index contributed by atoms with van der Waals surface area (Å²) in [4.78, 5) is 22.1. The number of fused-ring (bicyclic) bond motifs is 2. The van der Waals surface area contributed by atoms with Crippen LogP contribution in [0, 0.1) is 0 Å². The molecule has 2 N–H and O–H groups in total. The Bertz CT molecular complexity index is 1360. The Morgan fingerprint density at radius 3 is 2.65 bits per heavy atom. The summed E-state index contributed by atoms with van der Waals surface area (Å²) >= 11 is 0. The summed E-state index contributed by atoms with van der Waals surface area (Å²) in [6, 6.07) is 13.6. The quantitative estimate of drug-likeness (QED) is 0.473. The van der Waals surface area contributed by atoms with Crippen molar-refractivity contribution in [2.75, 3.05) is 38.7 Å². The average Bonchev–Trinajstić information content (AvgIpc) is 3.58. The molecule has 0 radical (unpaired) electrons. The molecule has 0 bridgehead atoms. The molecule has 2 aliphatic heterocycles. The van der Waals surface area contributed by atoms with Crippen LogP contribution in [0.25, 0.3) is 22.6 Å². The number of hydrogen-bond acceptors (Lipinski definition) is 9. The Balaban J connectivity index is 1.14. The van der Waals surface area contributed by atoms with Gasteiger partial charge in [0.2, 0.25) is 12.7 Å². The van der Waals surface area contributed by atoms with E-state index in [0.717, 1.165) is 47.7 Å². The number of nitrogens with two attached hydrogens (primary N) is 1. The Labute approximate surface area is 194 Å². The number of rotatable bonds is 5. The molecule has 2 aromatic heterocycles. The lowest BCUT2D eigenvalue weighted by Crippen LogP contribution is -2.49. The lowest BCUT2D eigenvalue weighted by molar-refractivity contribution is -0.133. The van der Waals surface area contributed by atoms with Gasteiger partial charge in [0.15, 0.2) is 28.8 Å². The van der Waals surface area contributed by atoms with Crippen molar-refractivity contribution in [2.24, 2.45) is 0 Å². The van der Waals surface area contributed by atoms with E-state index in [4.69, 9.17) is 19.8 Å². The highest BCUT2D eigenvalue weighted by atomic mass is 16.7. The molecule has 1 amide bonds. The van der Waals surface area contributed by atoms with Crippen LogP contribution >= 0.6 is 0 Å². The van der Waals surface area contributed by atoms with Crippen LogP contribution in [0.3, 0.4) is 0 Å². The van der Waals surface area contributed by atoms with Gasteiger partial charge in [-0.1, -0.05) is 18.2 Å². The van der Waals surface area contributed by atoms with E-state index in [1.165, 1.54) is 0 Å². The number of amides is 1. The molecule has 11 heteroatoms. The first kappa shape index (κ1) is 20.5. The number of piperazine rings is 1. The predicted octanol–water partition coefficient (Wildman–Crippen LogP) is 1.74. The second kappa shape index (κ2) is 8.34. The van der Waals surface area contributed by atoms with E-state index < -0.39 is 0 Å². The molecule has 2 aliphatic rings. The van der Waals surface area contributed by atoms with E-state index in [1.807, 2.05) is 45.9 Å². The van der Waals surface area contributed by atoms with Crippen molar-refractivity contribution in [3.63, 3.8) is 0 Å². The molecule has 34 heavy (non-hydrogen) atoms. The third kappa shape index (κ3) is 3.69. The normalized spacial score (nSPS) is 15.8. The van der Waals surface area contributed by atoms with Gasteiger partial charge in [0.05, 0.1) is 11.0 Å². The third-order valence-electron chi connectivity index (χ3n) is 6.24. The topological polar surface area (TPSA) is 125 Å². The van der Waals surface area contributed by atoms with Crippen molar-refractivity contribution in [1.29, 1.82) is 0 Å². The van der Waals surface area contributed by atoms with Gasteiger partial charge in [-0.15, -0.1) is 0 Å². The zero-order valence-corrected chi connectivity index (χ0v) is 18.4. The minimum Gasteiger partial charge on any atom is -0.454 e. The summed E-state index contributed by atoms with van der Waals surface area (Å²) in [5.41, 5.74) is 8.98. The predicted molar refractivity (Wildman–Crippen MR) is 122 cm³/mol. The standard InChI is InChI=1S/C23H23N7O4/c24-22-21(26-34-27-22)23-25-16-3-1-2-4-17(16)30(23)13-20(31)29-9-7-28(8-10-29)12-15-5-6-18-19(11-15)33-14-32-18/h1-6,11H,7-10,12-14H2,(H2,24,27). The molecule has 0 atom stereocenters. The van der Waals surface area contributed by atoms with Crippen LogP contribution in [0.15, 0.2) is 47.1 Å². The summed E-state index contributed by atoms with van der Waals surface area (Å²) in [7, 11) is 0. The molecule has 4 heterocycles. The summed E-state index contributed by atoms with van der Waals surface area (Å²) in [6.07, 6.45) is 0. The minimum absolute atomic E-state index is 0.0159. The van der Waals surface area contributed by atoms with Gasteiger partial charge in [0.1, 0.15) is 6.54 Å². The molecular weight excluding hydrogens is 438 g/mol. The number of carbonyl (C=O) groups excluding carboxylic acids is 1. The zero-order valence-electron chi connectivity index (χ0n) is 18.4. The number of nitrogen functional groups attached to an aromatic ring is 1. The molecule has 4 aromatic rings. The number of benzene rings is 2. The first-order valence-corrected chi connectivity index (χ1v) is 11.1. The van der Waals surface area contributed by atoms with Crippen LogP contribution in [-0.4, -0.2) is 68.5 Å². The van der Waals surface area contributed by atoms with E-state index in [2.05, 4.69) is 26.3 Å². The van der Waals surface area contributed by atoms with E-state index in [9.17, 15) is 4.79 Å². The molecular formula is C23H23N7O4. The first-order chi connectivity index (χ1) is 16.7. The molecule has 11 nitrogen and oxygen atoms in total. The fourth-order valence-corrected chi connectivity index (χ4v) is 4.46. The summed E-state index contributed by atoms with van der Waals surface area (Å²) < 4.78 is 17.5. The van der Waals surface area contributed by atoms with Gasteiger partial charge in [0.25, 0.3) is 0 Å². The number of ether oxygens (including phenoxy) is 2. The number of hydrogen-bond donors (Lipinski definition) is 1. The molecule has 0 saturated carbocycles. The van der Waals surface area contributed by atoms with Gasteiger partial charge < -0.3 is 24.7 Å². The van der Waals surface area contributed by atoms with Gasteiger partial charge in [-0.25, -0.2) is 9.61 Å². The van der Waals surface area contributed by atoms with Gasteiger partial charge in [0, 0.05) is 32.7 Å². The highest BCUT2D eigenvalue weighted by Crippen LogP contribution is 2.33. The molecule has 2 aromatic carbocycles. The van der Waals surface area contributed by atoms with Gasteiger partial charge in [-0.05, 0) is 40.1 Å². The van der Waals surface area contributed by atoms with Gasteiger partial charge in [-0.3, -0.25) is 9.69 Å². The number of imidazole rings is 1. The number of nitrogens with zero attached hydrogens (tertiary/aromatic N) is 6. The number of aromatic nitrogens is 4. The zero-order chi connectivity index (χ0) is 23.1. The number of anilines is 1.